The maximum absolute atomic E-state index is 9.36. The number of aromatic nitrogens is 1. The molecule has 0 saturated carbocycles. The van der Waals surface area contributed by atoms with Gasteiger partial charge in [-0.05, 0) is 24.7 Å². The number of nitrogens with zero attached hydrogens (tertiary/aromatic N) is 2. The van der Waals surface area contributed by atoms with E-state index in [9.17, 15) is 5.11 Å². The smallest absolute Gasteiger partial charge is 0.192 e. The van der Waals surface area contributed by atoms with E-state index in [1.54, 1.807) is 0 Å². The second-order valence-corrected chi connectivity index (χ2v) is 4.57. The van der Waals surface area contributed by atoms with Crippen molar-refractivity contribution in [3.05, 3.63) is 29.7 Å². The lowest BCUT2D eigenvalue weighted by Gasteiger charge is -2.19. The fourth-order valence-electron chi connectivity index (χ4n) is 1.98. The van der Waals surface area contributed by atoms with E-state index in [0.29, 0.717) is 19.0 Å². The monoisotopic (exact) mass is 250 g/mol. The lowest BCUT2D eigenvalue weighted by atomic mass is 10.2. The van der Waals surface area contributed by atoms with Crippen LogP contribution in [0.1, 0.15) is 11.5 Å². The number of aryl methyl sites for hydroxylation is 1. The zero-order valence-corrected chi connectivity index (χ0v) is 10.6. The molecule has 5 nitrogen and oxygen atoms in total. The third-order valence-corrected chi connectivity index (χ3v) is 2.75. The second kappa shape index (κ2) is 5.48. The molecule has 5 heteroatoms. The lowest BCUT2D eigenvalue weighted by Crippen LogP contribution is -2.30. The Morgan fingerprint density at radius 3 is 2.94 bits per heavy atom. The van der Waals surface area contributed by atoms with E-state index in [-0.39, 0.29) is 6.61 Å². The Kier molecular flexibility index (Phi) is 3.96. The van der Waals surface area contributed by atoms with Crippen molar-refractivity contribution in [2.24, 2.45) is 0 Å². The normalized spacial score (nSPS) is 13.4. The molecule has 2 aromatic rings. The number of hydrogen-bond acceptors (Lipinski definition) is 5. The maximum Gasteiger partial charge on any atom is 0.192 e. The number of aliphatic hydroxyl groups is 2. The lowest BCUT2D eigenvalue weighted by molar-refractivity contribution is 0.0648. The van der Waals surface area contributed by atoms with Gasteiger partial charge in [0.25, 0.3) is 0 Å². The highest BCUT2D eigenvalue weighted by Crippen LogP contribution is 2.17. The molecule has 0 aliphatic rings. The van der Waals surface area contributed by atoms with Crippen molar-refractivity contribution in [2.45, 2.75) is 19.6 Å². The predicted molar refractivity (Wildman–Crippen MR) is 68.2 cm³/mol. The molecule has 18 heavy (non-hydrogen) atoms. The molecule has 1 aromatic heterocycles. The van der Waals surface area contributed by atoms with Crippen LogP contribution in [0.5, 0.6) is 0 Å². The Morgan fingerprint density at radius 1 is 1.44 bits per heavy atom. The van der Waals surface area contributed by atoms with Crippen molar-refractivity contribution in [3.63, 3.8) is 0 Å². The van der Waals surface area contributed by atoms with Crippen LogP contribution in [0.4, 0.5) is 0 Å². The standard InChI is InChI=1S/C13H18N2O3/c1-9-14-12-4-3-10(5-13(12)18-9)6-15(2)7-11(17)8-16/h3-5,11,16-17H,6-8H2,1-2H3. The van der Waals surface area contributed by atoms with Crippen LogP contribution in [-0.2, 0) is 6.54 Å². The highest BCUT2D eigenvalue weighted by Gasteiger charge is 2.09. The minimum atomic E-state index is -0.703. The molecule has 2 N–H and O–H groups in total. The van der Waals surface area contributed by atoms with Gasteiger partial charge >= 0.3 is 0 Å². The van der Waals surface area contributed by atoms with Crippen LogP contribution >= 0.6 is 0 Å². The maximum atomic E-state index is 9.36. The third-order valence-electron chi connectivity index (χ3n) is 2.75. The Morgan fingerprint density at radius 2 is 2.22 bits per heavy atom. The van der Waals surface area contributed by atoms with Crippen LogP contribution in [0.3, 0.4) is 0 Å². The van der Waals surface area contributed by atoms with Crippen molar-refractivity contribution >= 4 is 11.1 Å². The molecule has 1 heterocycles. The summed E-state index contributed by atoms with van der Waals surface area (Å²) in [7, 11) is 1.90. The Hall–Kier alpha value is -1.43. The molecule has 0 amide bonds. The molecule has 0 aliphatic heterocycles. The fraction of sp³-hybridized carbons (Fsp3) is 0.462. The first-order valence-corrected chi connectivity index (χ1v) is 5.92. The quantitative estimate of drug-likeness (QED) is 0.826. The molecule has 0 aliphatic carbocycles. The molecule has 0 fully saturated rings. The van der Waals surface area contributed by atoms with Gasteiger partial charge in [0.15, 0.2) is 11.5 Å². The van der Waals surface area contributed by atoms with Crippen molar-refractivity contribution in [1.29, 1.82) is 0 Å². The van der Waals surface area contributed by atoms with Gasteiger partial charge in [0.2, 0.25) is 0 Å². The second-order valence-electron chi connectivity index (χ2n) is 4.57. The number of rotatable bonds is 5. The number of aliphatic hydroxyl groups excluding tert-OH is 2. The summed E-state index contributed by atoms with van der Waals surface area (Å²) in [5.41, 5.74) is 2.72. The van der Waals surface area contributed by atoms with Gasteiger partial charge in [-0.15, -0.1) is 0 Å². The van der Waals surface area contributed by atoms with E-state index in [1.165, 1.54) is 0 Å². The van der Waals surface area contributed by atoms with E-state index < -0.39 is 6.10 Å². The number of oxazole rings is 1. The SMILES string of the molecule is Cc1nc2ccc(CN(C)CC(O)CO)cc2o1. The summed E-state index contributed by atoms with van der Waals surface area (Å²) in [6, 6.07) is 5.88. The first-order valence-electron chi connectivity index (χ1n) is 5.92. The Bertz CT molecular complexity index is 524. The molecule has 2 rings (SSSR count). The summed E-state index contributed by atoms with van der Waals surface area (Å²) in [4.78, 5) is 6.19. The van der Waals surface area contributed by atoms with Gasteiger partial charge in [-0.3, -0.25) is 4.90 Å². The van der Waals surface area contributed by atoms with E-state index in [0.717, 1.165) is 16.7 Å². The van der Waals surface area contributed by atoms with Crippen LogP contribution in [0.2, 0.25) is 0 Å². The summed E-state index contributed by atoms with van der Waals surface area (Å²) in [5.74, 6) is 0.659. The summed E-state index contributed by atoms with van der Waals surface area (Å²) in [6.07, 6.45) is -0.703. The van der Waals surface area contributed by atoms with Gasteiger partial charge in [-0.25, -0.2) is 4.98 Å². The largest absolute Gasteiger partial charge is 0.441 e. The van der Waals surface area contributed by atoms with Gasteiger partial charge in [0.05, 0.1) is 12.7 Å². The van der Waals surface area contributed by atoms with Gasteiger partial charge in [-0.1, -0.05) is 6.07 Å². The zero-order valence-electron chi connectivity index (χ0n) is 10.6. The van der Waals surface area contributed by atoms with Crippen LogP contribution in [0, 0.1) is 6.92 Å². The average molecular weight is 250 g/mol. The molecule has 1 unspecified atom stereocenters. The molecule has 1 atom stereocenters. The van der Waals surface area contributed by atoms with Gasteiger partial charge in [0.1, 0.15) is 5.52 Å². The van der Waals surface area contributed by atoms with Gasteiger partial charge in [0, 0.05) is 20.0 Å². The van der Waals surface area contributed by atoms with E-state index in [1.807, 2.05) is 37.1 Å². The molecule has 0 radical (unpaired) electrons. The highest BCUT2D eigenvalue weighted by molar-refractivity contribution is 5.73. The zero-order chi connectivity index (χ0) is 13.1. The topological polar surface area (TPSA) is 69.7 Å². The number of benzene rings is 1. The predicted octanol–water partition coefficient (Wildman–Crippen LogP) is 0.921. The van der Waals surface area contributed by atoms with Crippen molar-refractivity contribution in [1.82, 2.24) is 9.88 Å². The van der Waals surface area contributed by atoms with Crippen LogP contribution in [-0.4, -0.2) is 46.4 Å². The number of hydrogen-bond donors (Lipinski definition) is 2. The minimum Gasteiger partial charge on any atom is -0.441 e. The van der Waals surface area contributed by atoms with E-state index >= 15 is 0 Å². The minimum absolute atomic E-state index is 0.218. The third kappa shape index (κ3) is 3.07. The highest BCUT2D eigenvalue weighted by atomic mass is 16.3. The van der Waals surface area contributed by atoms with Gasteiger partial charge < -0.3 is 14.6 Å². The number of fused-ring (bicyclic) bond motifs is 1. The molecular formula is C13H18N2O3. The van der Waals surface area contributed by atoms with Crippen LogP contribution < -0.4 is 0 Å². The Balaban J connectivity index is 2.07. The van der Waals surface area contributed by atoms with Gasteiger partial charge in [-0.2, -0.15) is 0 Å². The van der Waals surface area contributed by atoms with Crippen molar-refractivity contribution < 1.29 is 14.6 Å². The van der Waals surface area contributed by atoms with Crippen molar-refractivity contribution in [3.8, 4) is 0 Å². The molecule has 0 bridgehead atoms. The van der Waals surface area contributed by atoms with Crippen LogP contribution in [0.15, 0.2) is 22.6 Å². The molecule has 0 saturated heterocycles. The first-order chi connectivity index (χ1) is 8.58. The Labute approximate surface area is 106 Å². The molecular weight excluding hydrogens is 232 g/mol. The van der Waals surface area contributed by atoms with Crippen LogP contribution in [0.25, 0.3) is 11.1 Å². The average Bonchev–Trinajstić information content (AvgIpc) is 2.68. The molecule has 98 valence electrons. The van der Waals surface area contributed by atoms with E-state index in [2.05, 4.69) is 4.98 Å². The summed E-state index contributed by atoms with van der Waals surface area (Å²) < 4.78 is 5.47. The first kappa shape index (κ1) is 13.0. The molecule has 1 aromatic carbocycles. The van der Waals surface area contributed by atoms with Crippen molar-refractivity contribution in [2.75, 3.05) is 20.2 Å². The summed E-state index contributed by atoms with van der Waals surface area (Å²) >= 11 is 0. The fourth-order valence-corrected chi connectivity index (χ4v) is 1.98. The van der Waals surface area contributed by atoms with E-state index in [4.69, 9.17) is 9.52 Å². The summed E-state index contributed by atoms with van der Waals surface area (Å²) in [5, 5.41) is 18.2. The number of likely N-dealkylation sites (N-methyl/N-ethyl adjacent to an activating group) is 1. The summed E-state index contributed by atoms with van der Waals surface area (Å²) in [6.45, 7) is 2.73. The molecule has 0 spiro atoms.